The molecule has 2 aromatic rings. The van der Waals surface area contributed by atoms with Crippen molar-refractivity contribution in [1.29, 1.82) is 0 Å². The summed E-state index contributed by atoms with van der Waals surface area (Å²) in [5.41, 5.74) is 3.84. The smallest absolute Gasteiger partial charge is 0.129 e. The lowest BCUT2D eigenvalue weighted by atomic mass is 10.1. The highest BCUT2D eigenvalue weighted by Crippen LogP contribution is 2.25. The summed E-state index contributed by atoms with van der Waals surface area (Å²) in [5.74, 6) is 0. The summed E-state index contributed by atoms with van der Waals surface area (Å²) in [6.07, 6.45) is 1.77. The Morgan fingerprint density at radius 1 is 1.35 bits per heavy atom. The Morgan fingerprint density at radius 3 is 3.05 bits per heavy atom. The first-order valence-corrected chi connectivity index (χ1v) is 7.27. The van der Waals surface area contributed by atoms with E-state index in [-0.39, 0.29) is 0 Å². The summed E-state index contributed by atoms with van der Waals surface area (Å²) in [6.45, 7) is 4.98. The number of rotatable bonds is 2. The fourth-order valence-corrected chi connectivity index (χ4v) is 2.85. The van der Waals surface area contributed by atoms with Crippen LogP contribution in [0.5, 0.6) is 0 Å². The van der Waals surface area contributed by atoms with Crippen molar-refractivity contribution in [3.8, 4) is 0 Å². The summed E-state index contributed by atoms with van der Waals surface area (Å²) in [6, 6.07) is 13.0. The zero-order valence-electron chi connectivity index (χ0n) is 11.5. The fourth-order valence-electron chi connectivity index (χ4n) is 2.66. The fraction of sp³-hybridized carbons (Fsp3) is 0.312. The highest BCUT2D eigenvalue weighted by atomic mass is 35.5. The molecule has 104 valence electrons. The first-order valence-electron chi connectivity index (χ1n) is 6.89. The van der Waals surface area contributed by atoms with Crippen LogP contribution < -0.4 is 10.2 Å². The molecule has 0 saturated carbocycles. The monoisotopic (exact) mass is 287 g/mol. The molecule has 3 rings (SSSR count). The number of hydrogen-bond donors (Lipinski definition) is 1. The molecule has 4 heteroatoms. The summed E-state index contributed by atoms with van der Waals surface area (Å²) in [7, 11) is 0. The van der Waals surface area contributed by atoms with Crippen molar-refractivity contribution in [3.63, 3.8) is 0 Å². The molecule has 1 aliphatic rings. The second-order valence-electron chi connectivity index (χ2n) is 5.28. The van der Waals surface area contributed by atoms with E-state index in [2.05, 4.69) is 46.4 Å². The Kier molecular flexibility index (Phi) is 3.90. The van der Waals surface area contributed by atoms with E-state index in [1.54, 1.807) is 6.20 Å². The number of anilines is 1. The minimum Gasteiger partial charge on any atom is -0.365 e. The van der Waals surface area contributed by atoms with E-state index < -0.39 is 0 Å². The van der Waals surface area contributed by atoms with Crippen LogP contribution in [0.25, 0.3) is 0 Å². The van der Waals surface area contributed by atoms with Crippen LogP contribution in [0.1, 0.15) is 18.1 Å². The molecule has 1 aliphatic heterocycles. The SMILES string of the molecule is CC1CN(Cc2ccnc(Cl)c2)c2ccccc2CN1. The number of fused-ring (bicyclic) bond motifs is 1. The molecule has 0 fully saturated rings. The highest BCUT2D eigenvalue weighted by Gasteiger charge is 2.18. The molecule has 0 spiro atoms. The van der Waals surface area contributed by atoms with Gasteiger partial charge in [0.2, 0.25) is 0 Å². The van der Waals surface area contributed by atoms with E-state index >= 15 is 0 Å². The number of halogens is 1. The molecular formula is C16H18ClN3. The second-order valence-corrected chi connectivity index (χ2v) is 5.67. The van der Waals surface area contributed by atoms with Crippen LogP contribution in [0.4, 0.5) is 5.69 Å². The van der Waals surface area contributed by atoms with Gasteiger partial charge in [-0.15, -0.1) is 0 Å². The number of hydrogen-bond acceptors (Lipinski definition) is 3. The maximum absolute atomic E-state index is 5.98. The number of nitrogens with one attached hydrogen (secondary N) is 1. The zero-order valence-corrected chi connectivity index (χ0v) is 12.3. The van der Waals surface area contributed by atoms with Gasteiger partial charge in [0, 0.05) is 37.6 Å². The van der Waals surface area contributed by atoms with Crippen LogP contribution in [0.2, 0.25) is 5.15 Å². The summed E-state index contributed by atoms with van der Waals surface area (Å²) >= 11 is 5.98. The molecule has 0 aliphatic carbocycles. The van der Waals surface area contributed by atoms with Crippen molar-refractivity contribution in [2.24, 2.45) is 0 Å². The van der Waals surface area contributed by atoms with Crippen LogP contribution >= 0.6 is 11.6 Å². The molecule has 0 bridgehead atoms. The van der Waals surface area contributed by atoms with Gasteiger partial charge in [-0.3, -0.25) is 0 Å². The van der Waals surface area contributed by atoms with E-state index in [0.717, 1.165) is 19.6 Å². The summed E-state index contributed by atoms with van der Waals surface area (Å²) < 4.78 is 0. The molecule has 1 N–H and O–H groups in total. The largest absolute Gasteiger partial charge is 0.365 e. The van der Waals surface area contributed by atoms with Crippen molar-refractivity contribution in [2.45, 2.75) is 26.1 Å². The molecule has 1 atom stereocenters. The van der Waals surface area contributed by atoms with Crippen LogP contribution in [-0.4, -0.2) is 17.6 Å². The van der Waals surface area contributed by atoms with E-state index in [1.807, 2.05) is 12.1 Å². The lowest BCUT2D eigenvalue weighted by Gasteiger charge is -2.26. The first-order chi connectivity index (χ1) is 9.72. The number of pyridine rings is 1. The van der Waals surface area contributed by atoms with Gasteiger partial charge in [0.15, 0.2) is 0 Å². The maximum Gasteiger partial charge on any atom is 0.129 e. The normalized spacial score (nSPS) is 18.5. The predicted octanol–water partition coefficient (Wildman–Crippen LogP) is 3.23. The predicted molar refractivity (Wildman–Crippen MR) is 83.0 cm³/mol. The maximum atomic E-state index is 5.98. The Hall–Kier alpha value is -1.58. The molecule has 0 radical (unpaired) electrons. The third-order valence-corrected chi connectivity index (χ3v) is 3.84. The lowest BCUT2D eigenvalue weighted by Crippen LogP contribution is -2.35. The molecule has 3 nitrogen and oxygen atoms in total. The van der Waals surface area contributed by atoms with Crippen molar-refractivity contribution in [2.75, 3.05) is 11.4 Å². The van der Waals surface area contributed by atoms with Gasteiger partial charge in [0.05, 0.1) is 0 Å². The van der Waals surface area contributed by atoms with Gasteiger partial charge in [-0.1, -0.05) is 29.8 Å². The molecule has 1 unspecified atom stereocenters. The number of nitrogens with zero attached hydrogens (tertiary/aromatic N) is 2. The zero-order chi connectivity index (χ0) is 13.9. The lowest BCUT2D eigenvalue weighted by molar-refractivity contribution is 0.552. The molecular weight excluding hydrogens is 270 g/mol. The Labute approximate surface area is 124 Å². The van der Waals surface area contributed by atoms with Crippen LogP contribution in [0.15, 0.2) is 42.6 Å². The average molecular weight is 288 g/mol. The van der Waals surface area contributed by atoms with Gasteiger partial charge in [0.1, 0.15) is 5.15 Å². The molecule has 1 aromatic heterocycles. The van der Waals surface area contributed by atoms with Crippen molar-refractivity contribution < 1.29 is 0 Å². The third kappa shape index (κ3) is 2.94. The van der Waals surface area contributed by atoms with E-state index in [9.17, 15) is 0 Å². The van der Waals surface area contributed by atoms with E-state index in [1.165, 1.54) is 16.8 Å². The minimum absolute atomic E-state index is 0.458. The number of aromatic nitrogens is 1. The quantitative estimate of drug-likeness (QED) is 0.860. The van der Waals surface area contributed by atoms with Gasteiger partial charge in [-0.05, 0) is 36.2 Å². The van der Waals surface area contributed by atoms with Crippen LogP contribution in [-0.2, 0) is 13.1 Å². The minimum atomic E-state index is 0.458. The summed E-state index contributed by atoms with van der Waals surface area (Å²) in [4.78, 5) is 6.45. The standard InChI is InChI=1S/C16H18ClN3/c1-12-10-20(11-13-6-7-18-16(17)8-13)15-5-3-2-4-14(15)9-19-12/h2-8,12,19H,9-11H2,1H3. The van der Waals surface area contributed by atoms with E-state index in [4.69, 9.17) is 11.6 Å². The first kappa shape index (κ1) is 13.4. The van der Waals surface area contributed by atoms with E-state index in [0.29, 0.717) is 11.2 Å². The average Bonchev–Trinajstić information content (AvgIpc) is 2.59. The van der Waals surface area contributed by atoms with Gasteiger partial charge in [-0.2, -0.15) is 0 Å². The van der Waals surface area contributed by atoms with Crippen LogP contribution in [0.3, 0.4) is 0 Å². The van der Waals surface area contributed by atoms with Crippen LogP contribution in [0, 0.1) is 0 Å². The van der Waals surface area contributed by atoms with Gasteiger partial charge in [-0.25, -0.2) is 4.98 Å². The Balaban J connectivity index is 1.90. The van der Waals surface area contributed by atoms with Crippen molar-refractivity contribution in [1.82, 2.24) is 10.3 Å². The van der Waals surface area contributed by atoms with Gasteiger partial charge >= 0.3 is 0 Å². The Morgan fingerprint density at radius 2 is 2.20 bits per heavy atom. The van der Waals surface area contributed by atoms with Gasteiger partial charge < -0.3 is 10.2 Å². The highest BCUT2D eigenvalue weighted by molar-refractivity contribution is 6.29. The van der Waals surface area contributed by atoms with Crippen molar-refractivity contribution in [3.05, 3.63) is 58.9 Å². The van der Waals surface area contributed by atoms with Crippen molar-refractivity contribution >= 4 is 17.3 Å². The molecule has 1 aromatic carbocycles. The molecule has 20 heavy (non-hydrogen) atoms. The molecule has 2 heterocycles. The number of benzene rings is 1. The van der Waals surface area contributed by atoms with Gasteiger partial charge in [0.25, 0.3) is 0 Å². The Bertz CT molecular complexity index is 600. The number of para-hydroxylation sites is 1. The topological polar surface area (TPSA) is 28.2 Å². The second kappa shape index (κ2) is 5.81. The molecule has 0 amide bonds. The molecule has 0 saturated heterocycles. The summed E-state index contributed by atoms with van der Waals surface area (Å²) in [5, 5.41) is 4.10. The third-order valence-electron chi connectivity index (χ3n) is 3.63.